The van der Waals surface area contributed by atoms with Crippen molar-refractivity contribution >= 4 is 15.9 Å². The molecule has 2 aromatic rings. The number of nitrogens with one attached hydrogen (secondary N) is 1. The van der Waals surface area contributed by atoms with E-state index in [2.05, 4.69) is 57.4 Å². The topological polar surface area (TPSA) is 24.9 Å². The fraction of sp³-hybridized carbons (Fsp3) is 0.267. The lowest BCUT2D eigenvalue weighted by Gasteiger charge is -2.07. The van der Waals surface area contributed by atoms with E-state index in [1.807, 2.05) is 18.3 Å². The van der Waals surface area contributed by atoms with Gasteiger partial charge in [0, 0.05) is 35.9 Å². The molecule has 0 unspecified atom stereocenters. The van der Waals surface area contributed by atoms with E-state index in [0.717, 1.165) is 25.2 Å². The van der Waals surface area contributed by atoms with Gasteiger partial charge in [-0.3, -0.25) is 4.98 Å². The summed E-state index contributed by atoms with van der Waals surface area (Å²) >= 11 is 3.59. The summed E-state index contributed by atoms with van der Waals surface area (Å²) in [4.78, 5) is 4.30. The average molecular weight is 305 g/mol. The predicted octanol–water partition coefficient (Wildman–Crippen LogP) is 3.48. The first-order valence-electron chi connectivity index (χ1n) is 6.11. The van der Waals surface area contributed by atoms with E-state index >= 15 is 0 Å². The summed E-state index contributed by atoms with van der Waals surface area (Å²) in [6.45, 7) is 3.92. The van der Waals surface area contributed by atoms with Crippen LogP contribution in [0.15, 0.2) is 47.1 Å². The number of aromatic nitrogens is 1. The van der Waals surface area contributed by atoms with Crippen molar-refractivity contribution in [1.29, 1.82) is 0 Å². The average Bonchev–Trinajstić information content (AvgIpc) is 2.38. The van der Waals surface area contributed by atoms with Crippen LogP contribution in [0.25, 0.3) is 0 Å². The van der Waals surface area contributed by atoms with Crippen LogP contribution in [0, 0.1) is 6.92 Å². The SMILES string of the molecule is Cc1ccc(CNCCc2ccccn2)c(Br)c1. The predicted molar refractivity (Wildman–Crippen MR) is 78.5 cm³/mol. The van der Waals surface area contributed by atoms with Crippen molar-refractivity contribution < 1.29 is 0 Å². The highest BCUT2D eigenvalue weighted by molar-refractivity contribution is 9.10. The molecular formula is C15H17BrN2. The zero-order valence-corrected chi connectivity index (χ0v) is 12.1. The molecule has 0 aliphatic rings. The minimum atomic E-state index is 0.883. The van der Waals surface area contributed by atoms with Crippen molar-refractivity contribution in [2.75, 3.05) is 6.54 Å². The molecule has 1 heterocycles. The summed E-state index contributed by atoms with van der Waals surface area (Å²) in [5, 5.41) is 3.44. The van der Waals surface area contributed by atoms with E-state index in [-0.39, 0.29) is 0 Å². The van der Waals surface area contributed by atoms with Crippen molar-refractivity contribution in [3.05, 3.63) is 63.9 Å². The Kier molecular flexibility index (Phi) is 4.90. The van der Waals surface area contributed by atoms with Crippen LogP contribution in [-0.4, -0.2) is 11.5 Å². The molecule has 1 aromatic carbocycles. The van der Waals surface area contributed by atoms with Crippen molar-refractivity contribution in [3.8, 4) is 0 Å². The molecule has 94 valence electrons. The third kappa shape index (κ3) is 3.93. The van der Waals surface area contributed by atoms with Crippen molar-refractivity contribution in [2.45, 2.75) is 19.9 Å². The number of hydrogen-bond donors (Lipinski definition) is 1. The highest BCUT2D eigenvalue weighted by atomic mass is 79.9. The second kappa shape index (κ2) is 6.66. The maximum Gasteiger partial charge on any atom is 0.0416 e. The van der Waals surface area contributed by atoms with Gasteiger partial charge in [0.1, 0.15) is 0 Å². The number of halogens is 1. The van der Waals surface area contributed by atoms with Gasteiger partial charge in [0.25, 0.3) is 0 Å². The first-order valence-corrected chi connectivity index (χ1v) is 6.90. The first-order chi connectivity index (χ1) is 8.75. The van der Waals surface area contributed by atoms with Crippen LogP contribution in [0.4, 0.5) is 0 Å². The molecule has 2 rings (SSSR count). The molecule has 0 atom stereocenters. The molecular weight excluding hydrogens is 288 g/mol. The smallest absolute Gasteiger partial charge is 0.0416 e. The maximum absolute atomic E-state index is 4.30. The van der Waals surface area contributed by atoms with E-state index in [9.17, 15) is 0 Å². The van der Waals surface area contributed by atoms with Crippen molar-refractivity contribution in [3.63, 3.8) is 0 Å². The summed E-state index contributed by atoms with van der Waals surface area (Å²) in [6.07, 6.45) is 2.80. The minimum absolute atomic E-state index is 0.883. The molecule has 0 saturated carbocycles. The molecule has 0 saturated heterocycles. The van der Waals surface area contributed by atoms with Crippen LogP contribution in [0.5, 0.6) is 0 Å². The number of pyridine rings is 1. The summed E-state index contributed by atoms with van der Waals surface area (Å²) in [5.41, 5.74) is 3.70. The van der Waals surface area contributed by atoms with E-state index in [0.29, 0.717) is 0 Å². The summed E-state index contributed by atoms with van der Waals surface area (Å²) in [7, 11) is 0. The van der Waals surface area contributed by atoms with Crippen molar-refractivity contribution in [1.82, 2.24) is 10.3 Å². The summed E-state index contributed by atoms with van der Waals surface area (Å²) < 4.78 is 1.17. The molecule has 0 amide bonds. The monoisotopic (exact) mass is 304 g/mol. The van der Waals surface area contributed by atoms with Crippen LogP contribution in [0.1, 0.15) is 16.8 Å². The van der Waals surface area contributed by atoms with Gasteiger partial charge in [0.2, 0.25) is 0 Å². The molecule has 3 heteroatoms. The Morgan fingerprint density at radius 1 is 1.22 bits per heavy atom. The lowest BCUT2D eigenvalue weighted by atomic mass is 10.1. The molecule has 0 spiro atoms. The zero-order chi connectivity index (χ0) is 12.8. The maximum atomic E-state index is 4.30. The van der Waals surface area contributed by atoms with E-state index in [1.165, 1.54) is 15.6 Å². The third-order valence-electron chi connectivity index (χ3n) is 2.81. The number of rotatable bonds is 5. The van der Waals surface area contributed by atoms with Gasteiger partial charge in [0.15, 0.2) is 0 Å². The van der Waals surface area contributed by atoms with Crippen LogP contribution < -0.4 is 5.32 Å². The lowest BCUT2D eigenvalue weighted by molar-refractivity contribution is 0.678. The largest absolute Gasteiger partial charge is 0.312 e. The Balaban J connectivity index is 1.79. The van der Waals surface area contributed by atoms with Gasteiger partial charge >= 0.3 is 0 Å². The fourth-order valence-corrected chi connectivity index (χ4v) is 2.41. The number of hydrogen-bond acceptors (Lipinski definition) is 2. The van der Waals surface area contributed by atoms with Gasteiger partial charge in [-0.1, -0.05) is 34.1 Å². The normalized spacial score (nSPS) is 10.6. The van der Waals surface area contributed by atoms with E-state index in [4.69, 9.17) is 0 Å². The lowest BCUT2D eigenvalue weighted by Crippen LogP contribution is -2.17. The second-order valence-corrected chi connectivity index (χ2v) is 5.20. The second-order valence-electron chi connectivity index (χ2n) is 4.34. The van der Waals surface area contributed by atoms with Gasteiger partial charge in [-0.2, -0.15) is 0 Å². The molecule has 1 N–H and O–H groups in total. The molecule has 0 aliphatic heterocycles. The molecule has 0 radical (unpaired) electrons. The Morgan fingerprint density at radius 3 is 2.83 bits per heavy atom. The van der Waals surface area contributed by atoms with Crippen LogP contribution in [-0.2, 0) is 13.0 Å². The standard InChI is InChI=1S/C15H17BrN2/c1-12-5-6-13(15(16)10-12)11-17-9-7-14-4-2-3-8-18-14/h2-6,8,10,17H,7,9,11H2,1H3. The molecule has 0 aliphatic carbocycles. The van der Waals surface area contributed by atoms with Crippen LogP contribution in [0.2, 0.25) is 0 Å². The summed E-state index contributed by atoms with van der Waals surface area (Å²) in [6, 6.07) is 12.5. The van der Waals surface area contributed by atoms with Gasteiger partial charge in [-0.15, -0.1) is 0 Å². The van der Waals surface area contributed by atoms with Gasteiger partial charge < -0.3 is 5.32 Å². The van der Waals surface area contributed by atoms with Crippen LogP contribution >= 0.6 is 15.9 Å². The molecule has 0 fully saturated rings. The highest BCUT2D eigenvalue weighted by Gasteiger charge is 1.99. The highest BCUT2D eigenvalue weighted by Crippen LogP contribution is 2.17. The zero-order valence-electron chi connectivity index (χ0n) is 10.5. The van der Waals surface area contributed by atoms with Gasteiger partial charge in [0.05, 0.1) is 0 Å². The fourth-order valence-electron chi connectivity index (χ4n) is 1.78. The van der Waals surface area contributed by atoms with Crippen LogP contribution in [0.3, 0.4) is 0 Å². The quantitative estimate of drug-likeness (QED) is 0.855. The Hall–Kier alpha value is -1.19. The Bertz CT molecular complexity index is 497. The van der Waals surface area contributed by atoms with Gasteiger partial charge in [-0.05, 0) is 36.2 Å². The number of aryl methyl sites for hydroxylation is 1. The van der Waals surface area contributed by atoms with Crippen molar-refractivity contribution in [2.24, 2.45) is 0 Å². The first kappa shape index (κ1) is 13.2. The summed E-state index contributed by atoms with van der Waals surface area (Å²) in [5.74, 6) is 0. The Morgan fingerprint density at radius 2 is 2.11 bits per heavy atom. The number of benzene rings is 1. The van der Waals surface area contributed by atoms with E-state index < -0.39 is 0 Å². The molecule has 1 aromatic heterocycles. The minimum Gasteiger partial charge on any atom is -0.312 e. The molecule has 18 heavy (non-hydrogen) atoms. The number of nitrogens with zero attached hydrogens (tertiary/aromatic N) is 1. The Labute approximate surface area is 117 Å². The molecule has 0 bridgehead atoms. The van der Waals surface area contributed by atoms with Gasteiger partial charge in [-0.25, -0.2) is 0 Å². The van der Waals surface area contributed by atoms with E-state index in [1.54, 1.807) is 0 Å². The third-order valence-corrected chi connectivity index (χ3v) is 3.55. The molecule has 2 nitrogen and oxygen atoms in total.